The van der Waals surface area contributed by atoms with E-state index in [-0.39, 0.29) is 10.8 Å². The molecule has 0 unspecified atom stereocenters. The van der Waals surface area contributed by atoms with Gasteiger partial charge in [0, 0.05) is 34.3 Å². The molecule has 6 rings (SSSR count). The fraction of sp³-hybridized carbons (Fsp3) is 0.268. The molecule has 1 aliphatic heterocycles. The van der Waals surface area contributed by atoms with Crippen LogP contribution in [0.4, 0.5) is 5.69 Å². The lowest BCUT2D eigenvalue weighted by Gasteiger charge is -2.30. The summed E-state index contributed by atoms with van der Waals surface area (Å²) in [6.07, 6.45) is 12.0. The molecule has 0 saturated heterocycles. The number of halogens is 1. The molecule has 0 atom stereocenters. The summed E-state index contributed by atoms with van der Waals surface area (Å²) in [6.45, 7) is 16.0. The van der Waals surface area contributed by atoms with Crippen LogP contribution in [0.5, 0.6) is 0 Å². The van der Waals surface area contributed by atoms with E-state index in [0.29, 0.717) is 0 Å². The number of hydrogen-bond donors (Lipinski definition) is 0. The number of fused-ring (bicyclic) bond motifs is 4. The minimum Gasteiger partial charge on any atom is -0.347 e. The van der Waals surface area contributed by atoms with Crippen molar-refractivity contribution >= 4 is 38.8 Å². The van der Waals surface area contributed by atoms with Gasteiger partial charge in [-0.2, -0.15) is 0 Å². The second-order valence-corrected chi connectivity index (χ2v) is 13.6. The summed E-state index contributed by atoms with van der Waals surface area (Å²) in [5.41, 5.74) is 9.76. The quantitative estimate of drug-likeness (QED) is 0.211. The predicted octanol–water partition coefficient (Wildman–Crippen LogP) is 11.6. The van der Waals surface area contributed by atoms with Crippen molar-refractivity contribution in [1.29, 1.82) is 0 Å². The Hall–Kier alpha value is -3.81. The number of likely N-dealkylation sites (N-methyl/N-ethyl adjacent to an activating group) is 1. The van der Waals surface area contributed by atoms with Gasteiger partial charge in [-0.3, -0.25) is 0 Å². The van der Waals surface area contributed by atoms with Crippen LogP contribution in [0.15, 0.2) is 131 Å². The lowest BCUT2D eigenvalue weighted by atomic mass is 9.74. The van der Waals surface area contributed by atoms with E-state index in [1.165, 1.54) is 60.8 Å². The number of rotatable bonds is 5. The standard InChI is InChI=1S/C41H42ClN/c1-27-19-21-29-13-8-10-17-33(29)37(27)40(3,4)28(2)20-22-31-15-12-16-32(39(31)42)24-26-36-41(5,6)38-34-18-11-9-14-30(34)23-25-35(38)43(36)7/h8-11,13-14,17-26H,2,12,15-16H2,1,3-7H3/b22-20+,32-24+,36-26-. The van der Waals surface area contributed by atoms with Gasteiger partial charge in [-0.15, -0.1) is 0 Å². The Morgan fingerprint density at radius 1 is 0.884 bits per heavy atom. The van der Waals surface area contributed by atoms with E-state index >= 15 is 0 Å². The maximum absolute atomic E-state index is 7.11. The average Bonchev–Trinajstić information content (AvgIpc) is 3.19. The van der Waals surface area contributed by atoms with E-state index < -0.39 is 0 Å². The number of allylic oxidation sites excluding steroid dienone is 9. The second kappa shape index (κ2) is 11.0. The first-order valence-corrected chi connectivity index (χ1v) is 15.8. The maximum atomic E-state index is 7.11. The van der Waals surface area contributed by atoms with Gasteiger partial charge in [0.15, 0.2) is 0 Å². The van der Waals surface area contributed by atoms with Gasteiger partial charge in [-0.05, 0) is 93.3 Å². The molecule has 1 heterocycles. The summed E-state index contributed by atoms with van der Waals surface area (Å²) < 4.78 is 0. The highest BCUT2D eigenvalue weighted by molar-refractivity contribution is 6.32. The van der Waals surface area contributed by atoms with Gasteiger partial charge < -0.3 is 4.90 Å². The molecular formula is C41H42ClN. The third-order valence-electron chi connectivity index (χ3n) is 9.84. The Labute approximate surface area is 262 Å². The molecule has 43 heavy (non-hydrogen) atoms. The highest BCUT2D eigenvalue weighted by Crippen LogP contribution is 2.50. The molecule has 0 N–H and O–H groups in total. The van der Waals surface area contributed by atoms with Gasteiger partial charge in [0.2, 0.25) is 0 Å². The van der Waals surface area contributed by atoms with Crippen LogP contribution in [0.2, 0.25) is 0 Å². The number of hydrogen-bond acceptors (Lipinski definition) is 1. The number of aryl methyl sites for hydroxylation is 1. The first-order chi connectivity index (χ1) is 20.5. The summed E-state index contributed by atoms with van der Waals surface area (Å²) in [6, 6.07) is 26.3. The Kier molecular flexibility index (Phi) is 7.51. The number of anilines is 1. The molecule has 1 nitrogen and oxygen atoms in total. The minimum absolute atomic E-state index is 0.112. The fourth-order valence-corrected chi connectivity index (χ4v) is 7.68. The molecule has 0 spiro atoms. The third-order valence-corrected chi connectivity index (χ3v) is 10.3. The van der Waals surface area contributed by atoms with E-state index in [1.54, 1.807) is 0 Å². The first kappa shape index (κ1) is 29.3. The van der Waals surface area contributed by atoms with Crippen LogP contribution in [0.25, 0.3) is 21.5 Å². The van der Waals surface area contributed by atoms with Crippen molar-refractivity contribution < 1.29 is 0 Å². The molecule has 0 amide bonds. The fourth-order valence-electron chi connectivity index (χ4n) is 7.36. The predicted molar refractivity (Wildman–Crippen MR) is 188 cm³/mol. The highest BCUT2D eigenvalue weighted by Gasteiger charge is 2.39. The van der Waals surface area contributed by atoms with Crippen LogP contribution < -0.4 is 4.90 Å². The van der Waals surface area contributed by atoms with Gasteiger partial charge >= 0.3 is 0 Å². The van der Waals surface area contributed by atoms with Gasteiger partial charge in [0.25, 0.3) is 0 Å². The Morgan fingerprint density at radius 3 is 2.28 bits per heavy atom. The molecular weight excluding hydrogens is 542 g/mol. The molecule has 0 bridgehead atoms. The second-order valence-electron chi connectivity index (χ2n) is 13.3. The summed E-state index contributed by atoms with van der Waals surface area (Å²) in [5.74, 6) is 0. The maximum Gasteiger partial charge on any atom is 0.0469 e. The summed E-state index contributed by atoms with van der Waals surface area (Å²) in [4.78, 5) is 2.35. The molecule has 0 fully saturated rings. The van der Waals surface area contributed by atoms with Crippen molar-refractivity contribution in [2.45, 2.75) is 64.7 Å². The van der Waals surface area contributed by atoms with E-state index in [9.17, 15) is 0 Å². The van der Waals surface area contributed by atoms with Crippen LogP contribution in [0.3, 0.4) is 0 Å². The molecule has 4 aromatic carbocycles. The molecule has 2 aliphatic rings. The number of benzene rings is 4. The molecule has 0 saturated carbocycles. The average molecular weight is 584 g/mol. The van der Waals surface area contributed by atoms with Crippen LogP contribution in [0.1, 0.15) is 63.6 Å². The Bertz CT molecular complexity index is 1890. The zero-order valence-electron chi connectivity index (χ0n) is 26.4. The smallest absolute Gasteiger partial charge is 0.0469 e. The first-order valence-electron chi connectivity index (χ1n) is 15.4. The Morgan fingerprint density at radius 2 is 1.53 bits per heavy atom. The molecule has 0 aromatic heterocycles. The summed E-state index contributed by atoms with van der Waals surface area (Å²) in [7, 11) is 2.18. The largest absolute Gasteiger partial charge is 0.347 e. The lowest BCUT2D eigenvalue weighted by molar-refractivity contribution is 0.643. The van der Waals surface area contributed by atoms with E-state index in [1.807, 2.05) is 0 Å². The zero-order valence-corrected chi connectivity index (χ0v) is 27.1. The van der Waals surface area contributed by atoms with Crippen molar-refractivity contribution in [2.75, 3.05) is 11.9 Å². The molecule has 4 aromatic rings. The van der Waals surface area contributed by atoms with Crippen molar-refractivity contribution in [2.24, 2.45) is 0 Å². The van der Waals surface area contributed by atoms with Crippen molar-refractivity contribution in [3.8, 4) is 0 Å². The van der Waals surface area contributed by atoms with Crippen molar-refractivity contribution in [3.63, 3.8) is 0 Å². The van der Waals surface area contributed by atoms with E-state index in [2.05, 4.69) is 150 Å². The number of nitrogens with zero attached hydrogens (tertiary/aromatic N) is 1. The van der Waals surface area contributed by atoms with Crippen molar-refractivity contribution in [3.05, 3.63) is 148 Å². The van der Waals surface area contributed by atoms with Gasteiger partial charge in [-0.25, -0.2) is 0 Å². The monoisotopic (exact) mass is 583 g/mol. The molecule has 2 heteroatoms. The topological polar surface area (TPSA) is 3.24 Å². The molecule has 0 radical (unpaired) electrons. The third kappa shape index (κ3) is 4.98. The summed E-state index contributed by atoms with van der Waals surface area (Å²) in [5, 5.41) is 6.07. The van der Waals surface area contributed by atoms with Crippen LogP contribution in [-0.2, 0) is 10.8 Å². The normalized spacial score (nSPS) is 18.9. The van der Waals surface area contributed by atoms with Crippen LogP contribution >= 0.6 is 11.6 Å². The zero-order chi connectivity index (χ0) is 30.5. The molecule has 1 aliphatic carbocycles. The van der Waals surface area contributed by atoms with Gasteiger partial charge in [-0.1, -0.05) is 131 Å². The van der Waals surface area contributed by atoms with Crippen LogP contribution in [0, 0.1) is 6.92 Å². The van der Waals surface area contributed by atoms with Gasteiger partial charge in [0.1, 0.15) is 0 Å². The van der Waals surface area contributed by atoms with E-state index in [4.69, 9.17) is 11.6 Å². The van der Waals surface area contributed by atoms with Gasteiger partial charge in [0.05, 0.1) is 0 Å². The van der Waals surface area contributed by atoms with E-state index in [0.717, 1.165) is 29.9 Å². The molecule has 218 valence electrons. The minimum atomic E-state index is -0.218. The highest BCUT2D eigenvalue weighted by atomic mass is 35.5. The Balaban J connectivity index is 1.30. The lowest BCUT2D eigenvalue weighted by Crippen LogP contribution is -2.22. The SMILES string of the molecule is C=C(/C=C/C1=C(Cl)C(=C/C=C2\N(C)c3ccc4ccccc4c3C2(C)C)/CCC1)C(C)(C)c1c(C)ccc2ccccc12. The van der Waals surface area contributed by atoms with Crippen molar-refractivity contribution in [1.82, 2.24) is 0 Å². The summed E-state index contributed by atoms with van der Waals surface area (Å²) >= 11 is 7.11. The van der Waals surface area contributed by atoms with Crippen LogP contribution in [-0.4, -0.2) is 7.05 Å².